The van der Waals surface area contributed by atoms with Gasteiger partial charge in [-0.05, 0) is 43.4 Å². The van der Waals surface area contributed by atoms with Gasteiger partial charge in [-0.3, -0.25) is 4.79 Å². The molecule has 1 heterocycles. The Morgan fingerprint density at radius 1 is 1.21 bits per heavy atom. The lowest BCUT2D eigenvalue weighted by Crippen LogP contribution is -2.48. The number of hydrogen-bond acceptors (Lipinski definition) is 3. The highest BCUT2D eigenvalue weighted by Gasteiger charge is 2.31. The van der Waals surface area contributed by atoms with Gasteiger partial charge in [-0.2, -0.15) is 4.72 Å². The van der Waals surface area contributed by atoms with E-state index in [0.29, 0.717) is 19.5 Å². The molecule has 0 aliphatic carbocycles. The molecule has 134 valence electrons. The first-order valence-electron chi connectivity index (χ1n) is 7.97. The Morgan fingerprint density at radius 2 is 1.83 bits per heavy atom. The van der Waals surface area contributed by atoms with Crippen molar-refractivity contribution in [2.75, 3.05) is 13.1 Å². The maximum atomic E-state index is 12.7. The number of likely N-dealkylation sites (tertiary alicyclic amines) is 1. The van der Waals surface area contributed by atoms with E-state index in [1.807, 2.05) is 13.8 Å². The summed E-state index contributed by atoms with van der Waals surface area (Å²) in [7, 11) is -3.86. The topological polar surface area (TPSA) is 66.5 Å². The van der Waals surface area contributed by atoms with E-state index in [4.69, 9.17) is 23.2 Å². The van der Waals surface area contributed by atoms with E-state index in [1.54, 1.807) is 4.90 Å². The molecular formula is C16H22Cl2N2O3S. The van der Waals surface area contributed by atoms with Crippen molar-refractivity contribution in [3.63, 3.8) is 0 Å². The molecule has 0 aromatic heterocycles. The lowest BCUT2D eigenvalue weighted by Gasteiger charge is -2.25. The van der Waals surface area contributed by atoms with Gasteiger partial charge in [0.1, 0.15) is 6.04 Å². The summed E-state index contributed by atoms with van der Waals surface area (Å²) in [5.41, 5.74) is 0. The molecule has 0 spiro atoms. The number of carbonyl (C=O) groups excluding carboxylic acids is 1. The molecule has 1 aliphatic heterocycles. The molecule has 24 heavy (non-hydrogen) atoms. The van der Waals surface area contributed by atoms with Gasteiger partial charge in [-0.1, -0.05) is 37.0 Å². The van der Waals surface area contributed by atoms with Gasteiger partial charge in [0.15, 0.2) is 0 Å². The van der Waals surface area contributed by atoms with Gasteiger partial charge in [0.2, 0.25) is 15.9 Å². The molecule has 1 atom stereocenters. The van der Waals surface area contributed by atoms with Crippen molar-refractivity contribution >= 4 is 39.1 Å². The number of hydrogen-bond donors (Lipinski definition) is 1. The molecular weight excluding hydrogens is 371 g/mol. The Hall–Kier alpha value is -0.820. The maximum Gasteiger partial charge on any atom is 0.241 e. The number of nitrogens with zero attached hydrogens (tertiary/aromatic N) is 1. The Labute approximate surface area is 153 Å². The highest BCUT2D eigenvalue weighted by Crippen LogP contribution is 2.25. The van der Waals surface area contributed by atoms with Gasteiger partial charge >= 0.3 is 0 Å². The second-order valence-electron chi connectivity index (χ2n) is 6.41. The Morgan fingerprint density at radius 3 is 2.38 bits per heavy atom. The number of sulfonamides is 1. The normalized spacial score (nSPS) is 16.6. The van der Waals surface area contributed by atoms with E-state index in [9.17, 15) is 13.2 Å². The first-order chi connectivity index (χ1) is 11.2. The minimum absolute atomic E-state index is 0.000113. The molecule has 1 fully saturated rings. The largest absolute Gasteiger partial charge is 0.341 e. The van der Waals surface area contributed by atoms with Gasteiger partial charge in [-0.25, -0.2) is 8.42 Å². The van der Waals surface area contributed by atoms with E-state index < -0.39 is 16.1 Å². The maximum absolute atomic E-state index is 12.7. The lowest BCUT2D eigenvalue weighted by molar-refractivity contribution is -0.132. The predicted octanol–water partition coefficient (Wildman–Crippen LogP) is 3.31. The van der Waals surface area contributed by atoms with Crippen molar-refractivity contribution in [1.82, 2.24) is 9.62 Å². The molecule has 0 unspecified atom stereocenters. The molecule has 1 aromatic carbocycles. The SMILES string of the molecule is CC(C)C[C@H](NS(=O)(=O)c1ccc(Cl)c(Cl)c1)C(=O)N1CCCC1. The van der Waals surface area contributed by atoms with Gasteiger partial charge in [0, 0.05) is 13.1 Å². The summed E-state index contributed by atoms with van der Waals surface area (Å²) in [5, 5.41) is 0.438. The molecule has 1 amide bonds. The van der Waals surface area contributed by atoms with Crippen LogP contribution < -0.4 is 4.72 Å². The zero-order valence-corrected chi connectivity index (χ0v) is 16.1. The fraction of sp³-hybridized carbons (Fsp3) is 0.562. The number of amides is 1. The summed E-state index contributed by atoms with van der Waals surface area (Å²) >= 11 is 11.7. The fourth-order valence-electron chi connectivity index (χ4n) is 2.73. The minimum atomic E-state index is -3.86. The minimum Gasteiger partial charge on any atom is -0.341 e. The number of rotatable bonds is 6. The summed E-state index contributed by atoms with van der Waals surface area (Å²) in [6.45, 7) is 5.28. The van der Waals surface area contributed by atoms with Crippen LogP contribution in [-0.2, 0) is 14.8 Å². The highest BCUT2D eigenvalue weighted by molar-refractivity contribution is 7.89. The zero-order chi connectivity index (χ0) is 17.9. The fourth-order valence-corrected chi connectivity index (χ4v) is 4.32. The van der Waals surface area contributed by atoms with Gasteiger partial charge in [-0.15, -0.1) is 0 Å². The van der Waals surface area contributed by atoms with Crippen molar-refractivity contribution < 1.29 is 13.2 Å². The smallest absolute Gasteiger partial charge is 0.241 e. The third-order valence-corrected chi connectivity index (χ3v) is 6.13. The van der Waals surface area contributed by atoms with Gasteiger partial charge in [0.25, 0.3) is 0 Å². The average molecular weight is 393 g/mol. The molecule has 1 N–H and O–H groups in total. The zero-order valence-electron chi connectivity index (χ0n) is 13.8. The first-order valence-corrected chi connectivity index (χ1v) is 10.2. The van der Waals surface area contributed by atoms with Crippen LogP contribution in [0.25, 0.3) is 0 Å². The van der Waals surface area contributed by atoms with Crippen molar-refractivity contribution in [3.8, 4) is 0 Å². The predicted molar refractivity (Wildman–Crippen MR) is 95.8 cm³/mol. The molecule has 0 saturated carbocycles. The summed E-state index contributed by atoms with van der Waals surface area (Å²) in [6, 6.07) is 3.32. The van der Waals surface area contributed by atoms with Crippen LogP contribution in [0.3, 0.4) is 0 Å². The highest BCUT2D eigenvalue weighted by atomic mass is 35.5. The third-order valence-electron chi connectivity index (χ3n) is 3.92. The second kappa shape index (κ2) is 8.04. The Kier molecular flexibility index (Phi) is 6.53. The first kappa shape index (κ1) is 19.5. The molecule has 5 nitrogen and oxygen atoms in total. The number of nitrogens with one attached hydrogen (secondary N) is 1. The summed E-state index contributed by atoms with van der Waals surface area (Å²) in [5.74, 6) is 0.0166. The lowest BCUT2D eigenvalue weighted by atomic mass is 10.0. The van der Waals surface area contributed by atoms with Crippen LogP contribution in [0.5, 0.6) is 0 Å². The number of benzene rings is 1. The molecule has 2 rings (SSSR count). The molecule has 1 aliphatic rings. The van der Waals surface area contributed by atoms with Crippen molar-refractivity contribution in [3.05, 3.63) is 28.2 Å². The Balaban J connectivity index is 2.23. The van der Waals surface area contributed by atoms with E-state index in [0.717, 1.165) is 12.8 Å². The van der Waals surface area contributed by atoms with Crippen LogP contribution >= 0.6 is 23.2 Å². The van der Waals surface area contributed by atoms with Crippen molar-refractivity contribution in [1.29, 1.82) is 0 Å². The monoisotopic (exact) mass is 392 g/mol. The van der Waals surface area contributed by atoms with Crippen LogP contribution in [0, 0.1) is 5.92 Å². The molecule has 0 radical (unpaired) electrons. The van der Waals surface area contributed by atoms with Gasteiger partial charge in [0.05, 0.1) is 14.9 Å². The standard InChI is InChI=1S/C16H22Cl2N2O3S/c1-11(2)9-15(16(21)20-7-3-4-8-20)19-24(22,23)12-5-6-13(17)14(18)10-12/h5-6,10-11,15,19H,3-4,7-9H2,1-2H3/t15-/m0/s1. The van der Waals surface area contributed by atoms with Crippen LogP contribution in [0.1, 0.15) is 33.1 Å². The van der Waals surface area contributed by atoms with E-state index in [1.165, 1.54) is 18.2 Å². The van der Waals surface area contributed by atoms with E-state index >= 15 is 0 Å². The van der Waals surface area contributed by atoms with Crippen molar-refractivity contribution in [2.24, 2.45) is 5.92 Å². The van der Waals surface area contributed by atoms with Crippen LogP contribution in [0.15, 0.2) is 23.1 Å². The molecule has 0 bridgehead atoms. The number of halogens is 2. The quantitative estimate of drug-likeness (QED) is 0.807. The summed E-state index contributed by atoms with van der Waals surface area (Å²) < 4.78 is 27.8. The average Bonchev–Trinajstić information content (AvgIpc) is 3.02. The summed E-state index contributed by atoms with van der Waals surface area (Å²) in [4.78, 5) is 14.4. The second-order valence-corrected chi connectivity index (χ2v) is 8.94. The van der Waals surface area contributed by atoms with E-state index in [2.05, 4.69) is 4.72 Å². The molecule has 8 heteroatoms. The Bertz CT molecular complexity index is 701. The molecule has 1 aromatic rings. The third kappa shape index (κ3) is 4.85. The van der Waals surface area contributed by atoms with Crippen LogP contribution in [-0.4, -0.2) is 38.4 Å². The van der Waals surface area contributed by atoms with Crippen LogP contribution in [0.4, 0.5) is 0 Å². The van der Waals surface area contributed by atoms with Crippen molar-refractivity contribution in [2.45, 2.75) is 44.0 Å². The molecule has 1 saturated heterocycles. The number of carbonyl (C=O) groups is 1. The van der Waals surface area contributed by atoms with Gasteiger partial charge < -0.3 is 4.90 Å². The van der Waals surface area contributed by atoms with E-state index in [-0.39, 0.29) is 26.8 Å². The summed E-state index contributed by atoms with van der Waals surface area (Å²) in [6.07, 6.45) is 2.36. The van der Waals surface area contributed by atoms with Crippen LogP contribution in [0.2, 0.25) is 10.0 Å².